The molecule has 0 spiro atoms. The van der Waals surface area contributed by atoms with E-state index >= 15 is 0 Å². The second-order valence-electron chi connectivity index (χ2n) is 4.90. The zero-order valence-corrected chi connectivity index (χ0v) is 11.3. The first-order valence-corrected chi connectivity index (χ1v) is 6.83. The van der Waals surface area contributed by atoms with Crippen LogP contribution in [0.2, 0.25) is 0 Å². The molecule has 0 bridgehead atoms. The molecule has 5 heteroatoms. The van der Waals surface area contributed by atoms with Gasteiger partial charge in [-0.25, -0.2) is 0 Å². The first kappa shape index (κ1) is 12.5. The number of nitrogens with one attached hydrogen (secondary N) is 1. The average molecular weight is 250 g/mol. The number of hydrogen-bond donors (Lipinski definition) is 1. The summed E-state index contributed by atoms with van der Waals surface area (Å²) in [5, 5.41) is 18.1. The van der Waals surface area contributed by atoms with Crippen LogP contribution in [0.4, 0.5) is 0 Å². The Morgan fingerprint density at radius 3 is 2.88 bits per heavy atom. The van der Waals surface area contributed by atoms with E-state index in [1.165, 1.54) is 12.8 Å². The van der Waals surface area contributed by atoms with Crippen LogP contribution in [0, 0.1) is 18.3 Å². The van der Waals surface area contributed by atoms with Crippen LogP contribution in [0.25, 0.3) is 0 Å². The molecule has 0 radical (unpaired) electrons. The Balaban J connectivity index is 1.95. The van der Waals surface area contributed by atoms with Gasteiger partial charge < -0.3 is 0 Å². The fraction of sp³-hybridized carbons (Fsp3) is 0.667. The molecule has 0 amide bonds. The number of aromatic nitrogens is 2. The molecule has 1 saturated carbocycles. The van der Waals surface area contributed by atoms with Crippen molar-refractivity contribution in [2.75, 3.05) is 5.75 Å². The second-order valence-corrected chi connectivity index (χ2v) is 5.89. The molecule has 1 aliphatic carbocycles. The van der Waals surface area contributed by atoms with E-state index in [-0.39, 0.29) is 0 Å². The van der Waals surface area contributed by atoms with Gasteiger partial charge in [-0.3, -0.25) is 10.00 Å². The van der Waals surface area contributed by atoms with Gasteiger partial charge in [0.25, 0.3) is 0 Å². The van der Waals surface area contributed by atoms with Gasteiger partial charge in [0.1, 0.15) is 5.54 Å². The van der Waals surface area contributed by atoms with Gasteiger partial charge in [0.05, 0.1) is 16.8 Å². The Morgan fingerprint density at radius 1 is 1.71 bits per heavy atom. The Bertz CT molecular complexity index is 444. The summed E-state index contributed by atoms with van der Waals surface area (Å²) in [5.74, 6) is 0.749. The quantitative estimate of drug-likeness (QED) is 0.810. The Hall–Kier alpha value is -0.990. The van der Waals surface area contributed by atoms with E-state index in [1.54, 1.807) is 11.8 Å². The third-order valence-electron chi connectivity index (χ3n) is 2.81. The second kappa shape index (κ2) is 4.71. The van der Waals surface area contributed by atoms with Crippen molar-refractivity contribution in [3.05, 3.63) is 11.8 Å². The highest BCUT2D eigenvalue weighted by Crippen LogP contribution is 2.27. The molecule has 1 aromatic rings. The summed E-state index contributed by atoms with van der Waals surface area (Å²) in [4.78, 5) is 0. The number of nitriles is 1. The molecule has 0 aliphatic heterocycles. The van der Waals surface area contributed by atoms with Crippen LogP contribution in [-0.2, 0) is 7.05 Å². The monoisotopic (exact) mass is 250 g/mol. The maximum Gasteiger partial charge on any atom is 0.113 e. The lowest BCUT2D eigenvalue weighted by Crippen LogP contribution is -2.44. The molecule has 1 N–H and O–H groups in total. The lowest BCUT2D eigenvalue weighted by molar-refractivity contribution is 0.490. The third-order valence-corrected chi connectivity index (χ3v) is 4.21. The van der Waals surface area contributed by atoms with E-state index in [0.29, 0.717) is 6.04 Å². The topological polar surface area (TPSA) is 53.6 Å². The van der Waals surface area contributed by atoms with Crippen molar-refractivity contribution >= 4 is 11.8 Å². The van der Waals surface area contributed by atoms with Crippen molar-refractivity contribution < 1.29 is 0 Å². The Kier molecular flexibility index (Phi) is 3.45. The maximum atomic E-state index is 9.27. The Morgan fingerprint density at radius 2 is 2.41 bits per heavy atom. The largest absolute Gasteiger partial charge is 0.296 e. The summed E-state index contributed by atoms with van der Waals surface area (Å²) >= 11 is 1.68. The van der Waals surface area contributed by atoms with Gasteiger partial charge in [0, 0.05) is 18.8 Å². The van der Waals surface area contributed by atoms with Gasteiger partial charge in [0.2, 0.25) is 0 Å². The first-order chi connectivity index (χ1) is 8.02. The smallest absolute Gasteiger partial charge is 0.113 e. The van der Waals surface area contributed by atoms with Crippen LogP contribution < -0.4 is 5.32 Å². The lowest BCUT2D eigenvalue weighted by Gasteiger charge is -2.22. The van der Waals surface area contributed by atoms with E-state index in [2.05, 4.69) is 22.6 Å². The van der Waals surface area contributed by atoms with E-state index in [9.17, 15) is 5.26 Å². The van der Waals surface area contributed by atoms with Gasteiger partial charge in [-0.15, -0.1) is 11.8 Å². The molecular formula is C12H18N4S. The van der Waals surface area contributed by atoms with Crippen molar-refractivity contribution in [2.24, 2.45) is 7.05 Å². The van der Waals surface area contributed by atoms with Crippen molar-refractivity contribution in [1.29, 1.82) is 5.26 Å². The number of rotatable bonds is 5. The van der Waals surface area contributed by atoms with E-state index < -0.39 is 5.54 Å². The van der Waals surface area contributed by atoms with Crippen LogP contribution in [0.5, 0.6) is 0 Å². The predicted octanol–water partition coefficient (Wildman–Crippen LogP) is 1.85. The first-order valence-electron chi connectivity index (χ1n) is 5.85. The SMILES string of the molecule is Cc1cc(SCC(C)(C#N)NC2CC2)n(C)n1. The highest BCUT2D eigenvalue weighted by molar-refractivity contribution is 7.99. The zero-order chi connectivity index (χ0) is 12.5. The highest BCUT2D eigenvalue weighted by Gasteiger charge is 2.32. The molecule has 1 unspecified atom stereocenters. The standard InChI is InChI=1S/C12H18N4S/c1-9-6-11(16(3)15-9)17-8-12(2,7-13)14-10-4-5-10/h6,10,14H,4-5,8H2,1-3H3. The molecule has 1 atom stereocenters. The van der Waals surface area contributed by atoms with Crippen LogP contribution in [-0.4, -0.2) is 27.1 Å². The fourth-order valence-electron chi connectivity index (χ4n) is 1.72. The summed E-state index contributed by atoms with van der Waals surface area (Å²) < 4.78 is 1.87. The minimum Gasteiger partial charge on any atom is -0.296 e. The van der Waals surface area contributed by atoms with Crippen LogP contribution in [0.1, 0.15) is 25.5 Å². The molecule has 1 aliphatic rings. The van der Waals surface area contributed by atoms with E-state index in [4.69, 9.17) is 0 Å². The predicted molar refractivity (Wildman–Crippen MR) is 68.8 cm³/mol. The normalized spacial score (nSPS) is 18.7. The molecule has 0 saturated heterocycles. The minimum atomic E-state index is -0.440. The van der Waals surface area contributed by atoms with Crippen LogP contribution >= 0.6 is 11.8 Å². The summed E-state index contributed by atoms with van der Waals surface area (Å²) in [6.07, 6.45) is 2.40. The molecule has 92 valence electrons. The highest BCUT2D eigenvalue weighted by atomic mass is 32.2. The van der Waals surface area contributed by atoms with Gasteiger partial charge in [-0.2, -0.15) is 10.4 Å². The van der Waals surface area contributed by atoms with Crippen molar-refractivity contribution in [2.45, 2.75) is 43.3 Å². The van der Waals surface area contributed by atoms with Crippen LogP contribution in [0.3, 0.4) is 0 Å². The molecular weight excluding hydrogens is 232 g/mol. The van der Waals surface area contributed by atoms with Gasteiger partial charge in [-0.05, 0) is 32.8 Å². The average Bonchev–Trinajstić information content (AvgIpc) is 3.01. The fourth-order valence-corrected chi connectivity index (χ4v) is 2.79. The van der Waals surface area contributed by atoms with E-state index in [1.807, 2.05) is 25.6 Å². The molecule has 4 nitrogen and oxygen atoms in total. The molecule has 17 heavy (non-hydrogen) atoms. The van der Waals surface area contributed by atoms with Crippen molar-refractivity contribution in [3.63, 3.8) is 0 Å². The van der Waals surface area contributed by atoms with Crippen molar-refractivity contribution in [3.8, 4) is 6.07 Å². The summed E-state index contributed by atoms with van der Waals surface area (Å²) in [6.45, 7) is 3.96. The number of aryl methyl sites for hydroxylation is 2. The molecule has 2 rings (SSSR count). The lowest BCUT2D eigenvalue weighted by atomic mass is 10.1. The minimum absolute atomic E-state index is 0.440. The summed E-state index contributed by atoms with van der Waals surface area (Å²) in [5.41, 5.74) is 0.577. The van der Waals surface area contributed by atoms with Gasteiger partial charge >= 0.3 is 0 Å². The summed E-state index contributed by atoms with van der Waals surface area (Å²) in [6, 6.07) is 4.99. The number of nitrogens with zero attached hydrogens (tertiary/aromatic N) is 3. The maximum absolute atomic E-state index is 9.27. The van der Waals surface area contributed by atoms with Crippen molar-refractivity contribution in [1.82, 2.24) is 15.1 Å². The Labute approximate surface area is 106 Å². The van der Waals surface area contributed by atoms with Gasteiger partial charge in [-0.1, -0.05) is 0 Å². The molecule has 1 heterocycles. The van der Waals surface area contributed by atoms with Crippen LogP contribution in [0.15, 0.2) is 11.1 Å². The number of hydrogen-bond acceptors (Lipinski definition) is 4. The number of thioether (sulfide) groups is 1. The van der Waals surface area contributed by atoms with Gasteiger partial charge in [0.15, 0.2) is 0 Å². The zero-order valence-electron chi connectivity index (χ0n) is 10.5. The van der Waals surface area contributed by atoms with E-state index in [0.717, 1.165) is 16.5 Å². The molecule has 1 fully saturated rings. The third kappa shape index (κ3) is 3.24. The molecule has 1 aromatic heterocycles. The molecule has 0 aromatic carbocycles. The summed E-state index contributed by atoms with van der Waals surface area (Å²) in [7, 11) is 1.94.